The van der Waals surface area contributed by atoms with Crippen LogP contribution in [0.25, 0.3) is 0 Å². The van der Waals surface area contributed by atoms with E-state index in [1.165, 1.54) is 12.0 Å². The number of ether oxygens (including phenoxy) is 2. The van der Waals surface area contributed by atoms with Gasteiger partial charge in [0.25, 0.3) is 0 Å². The molecule has 1 rings (SSSR count). The van der Waals surface area contributed by atoms with Gasteiger partial charge in [0.15, 0.2) is 0 Å². The van der Waals surface area contributed by atoms with Crippen molar-refractivity contribution in [2.24, 2.45) is 0 Å². The molecule has 12 heteroatoms. The molecule has 0 heterocycles. The summed E-state index contributed by atoms with van der Waals surface area (Å²) in [6.07, 6.45) is -0.0874. The fourth-order valence-electron chi connectivity index (χ4n) is 3.22. The summed E-state index contributed by atoms with van der Waals surface area (Å²) >= 11 is 0. The van der Waals surface area contributed by atoms with E-state index in [9.17, 15) is 24.0 Å². The molecular formula is C25H40N4O7Si. The third-order valence-corrected chi connectivity index (χ3v) is 6.05. The molecule has 1 aromatic rings. The molecule has 206 valence electrons. The first-order valence-electron chi connectivity index (χ1n) is 12.0. The highest BCUT2D eigenvalue weighted by Gasteiger charge is 2.34. The van der Waals surface area contributed by atoms with Crippen LogP contribution in [0.2, 0.25) is 19.6 Å². The first-order valence-corrected chi connectivity index (χ1v) is 15.7. The van der Waals surface area contributed by atoms with Gasteiger partial charge in [-0.3, -0.25) is 14.4 Å². The van der Waals surface area contributed by atoms with Gasteiger partial charge in [-0.2, -0.15) is 0 Å². The number of methoxy groups -OCH3 is 1. The number of amides is 4. The van der Waals surface area contributed by atoms with Gasteiger partial charge in [0.05, 0.1) is 28.3 Å². The lowest BCUT2D eigenvalue weighted by Crippen LogP contribution is -2.55. The van der Waals surface area contributed by atoms with Crippen molar-refractivity contribution in [3.63, 3.8) is 0 Å². The molecule has 4 amide bonds. The first-order chi connectivity index (χ1) is 17.1. The maximum atomic E-state index is 13.2. The zero-order valence-corrected chi connectivity index (χ0v) is 23.8. The van der Waals surface area contributed by atoms with Crippen molar-refractivity contribution in [2.75, 3.05) is 32.9 Å². The molecule has 0 fully saturated rings. The highest BCUT2D eigenvalue weighted by Crippen LogP contribution is 2.15. The zero-order chi connectivity index (χ0) is 28.2. The molecule has 0 bridgehead atoms. The van der Waals surface area contributed by atoms with Gasteiger partial charge >= 0.3 is 12.1 Å². The average Bonchev–Trinajstić information content (AvgIpc) is 2.80. The van der Waals surface area contributed by atoms with Crippen LogP contribution in [0.5, 0.6) is 0 Å². The summed E-state index contributed by atoms with van der Waals surface area (Å²) in [5.74, 6) is -2.16. The third kappa shape index (κ3) is 13.5. The summed E-state index contributed by atoms with van der Waals surface area (Å²) in [5, 5.41) is 7.14. The third-order valence-electron chi connectivity index (χ3n) is 4.76. The van der Waals surface area contributed by atoms with Crippen molar-refractivity contribution < 1.29 is 33.4 Å². The number of carbonyl (C=O) groups is 5. The molecule has 1 atom stereocenters. The van der Waals surface area contributed by atoms with Gasteiger partial charge in [-0.1, -0.05) is 50.0 Å². The Bertz CT molecular complexity index is 943. The van der Waals surface area contributed by atoms with E-state index in [0.717, 1.165) is 5.56 Å². The lowest BCUT2D eigenvalue weighted by molar-refractivity contribution is -0.152. The second-order valence-corrected chi connectivity index (χ2v) is 16.2. The molecular weight excluding hydrogens is 496 g/mol. The standard InChI is InChI=1S/C25H40N4O7Si/c1-25(2,3)36-24(34)28-15-21(31)26-14-20(30)27-16-22(32)29(17-37(5,6)7)19(23(33)35-4)13-18-11-9-8-10-12-18/h8-12,19H,13-17H2,1-7H3,(H,26,31)(H,27,30)(H,28,34)/t19-/m0/s1. The SMILES string of the molecule is COC(=O)[C@H](Cc1ccccc1)N(C[Si](C)(C)C)C(=O)CNC(=O)CNC(=O)CNC(=O)OC(C)(C)C. The number of rotatable bonds is 12. The van der Waals surface area contributed by atoms with Crippen molar-refractivity contribution in [3.8, 4) is 0 Å². The molecule has 37 heavy (non-hydrogen) atoms. The Kier molecular flexibility index (Phi) is 12.3. The minimum Gasteiger partial charge on any atom is -0.467 e. The van der Waals surface area contributed by atoms with Gasteiger partial charge in [-0.15, -0.1) is 0 Å². The first kappa shape index (κ1) is 31.6. The molecule has 0 aliphatic carbocycles. The lowest BCUT2D eigenvalue weighted by atomic mass is 10.0. The Hall–Kier alpha value is -3.41. The monoisotopic (exact) mass is 536 g/mol. The second kappa shape index (κ2) is 14.4. The van der Waals surface area contributed by atoms with Gasteiger partial charge in [-0.25, -0.2) is 9.59 Å². The smallest absolute Gasteiger partial charge is 0.408 e. The van der Waals surface area contributed by atoms with Crippen molar-refractivity contribution in [3.05, 3.63) is 35.9 Å². The van der Waals surface area contributed by atoms with Gasteiger partial charge in [0, 0.05) is 12.6 Å². The van der Waals surface area contributed by atoms with Gasteiger partial charge < -0.3 is 30.3 Å². The zero-order valence-electron chi connectivity index (χ0n) is 22.8. The van der Waals surface area contributed by atoms with Crippen LogP contribution in [-0.2, 0) is 35.1 Å². The summed E-state index contributed by atoms with van der Waals surface area (Å²) in [7, 11) is -0.581. The predicted octanol–water partition coefficient (Wildman–Crippen LogP) is 1.23. The quantitative estimate of drug-likeness (QED) is 0.269. The van der Waals surface area contributed by atoms with Crippen LogP contribution < -0.4 is 16.0 Å². The van der Waals surface area contributed by atoms with Crippen LogP contribution in [-0.4, -0.2) is 87.3 Å². The predicted molar refractivity (Wildman–Crippen MR) is 141 cm³/mol. The van der Waals surface area contributed by atoms with Gasteiger partial charge in [-0.05, 0) is 26.3 Å². The Balaban J connectivity index is 2.73. The van der Waals surface area contributed by atoms with Crippen LogP contribution in [0.3, 0.4) is 0 Å². The number of nitrogens with one attached hydrogen (secondary N) is 3. The van der Waals surface area contributed by atoms with E-state index in [1.54, 1.807) is 20.8 Å². The van der Waals surface area contributed by atoms with Crippen LogP contribution in [0.15, 0.2) is 30.3 Å². The average molecular weight is 537 g/mol. The molecule has 0 spiro atoms. The fraction of sp³-hybridized carbons (Fsp3) is 0.560. The minimum atomic E-state index is -1.86. The molecule has 11 nitrogen and oxygen atoms in total. The van der Waals surface area contributed by atoms with E-state index in [0.29, 0.717) is 6.17 Å². The Labute approximate surface area is 219 Å². The number of hydrogen-bond acceptors (Lipinski definition) is 7. The molecule has 0 aromatic heterocycles. The molecule has 3 N–H and O–H groups in total. The van der Waals surface area contributed by atoms with Crippen LogP contribution in [0.1, 0.15) is 26.3 Å². The maximum absolute atomic E-state index is 13.2. The van der Waals surface area contributed by atoms with Gasteiger partial charge in [0.1, 0.15) is 18.2 Å². The Morgan fingerprint density at radius 2 is 1.43 bits per heavy atom. The number of alkyl carbamates (subject to hydrolysis) is 1. The van der Waals surface area contributed by atoms with E-state index in [1.807, 2.05) is 30.3 Å². The number of esters is 1. The normalized spacial score (nSPS) is 12.1. The Morgan fingerprint density at radius 1 is 0.892 bits per heavy atom. The van der Waals surface area contributed by atoms with Crippen molar-refractivity contribution >= 4 is 37.9 Å². The summed E-state index contributed by atoms with van der Waals surface area (Å²) in [4.78, 5) is 63.1. The van der Waals surface area contributed by atoms with E-state index < -0.39 is 49.5 Å². The van der Waals surface area contributed by atoms with Crippen molar-refractivity contribution in [1.82, 2.24) is 20.9 Å². The summed E-state index contributed by atoms with van der Waals surface area (Å²) in [6.45, 7) is 10.2. The van der Waals surface area contributed by atoms with E-state index >= 15 is 0 Å². The van der Waals surface area contributed by atoms with E-state index in [4.69, 9.17) is 9.47 Å². The molecule has 0 radical (unpaired) electrons. The molecule has 0 saturated carbocycles. The van der Waals surface area contributed by atoms with Crippen LogP contribution in [0, 0.1) is 0 Å². The van der Waals surface area contributed by atoms with Crippen LogP contribution >= 0.6 is 0 Å². The fourth-order valence-corrected chi connectivity index (χ4v) is 4.64. The highest BCUT2D eigenvalue weighted by atomic mass is 28.3. The maximum Gasteiger partial charge on any atom is 0.408 e. The van der Waals surface area contributed by atoms with Crippen molar-refractivity contribution in [2.45, 2.75) is 58.5 Å². The highest BCUT2D eigenvalue weighted by molar-refractivity contribution is 6.76. The largest absolute Gasteiger partial charge is 0.467 e. The number of nitrogens with zero attached hydrogens (tertiary/aromatic N) is 1. The number of hydrogen-bond donors (Lipinski definition) is 3. The molecule has 0 aliphatic heterocycles. The topological polar surface area (TPSA) is 143 Å². The summed E-state index contributed by atoms with van der Waals surface area (Å²) < 4.78 is 10.0. The van der Waals surface area contributed by atoms with Crippen molar-refractivity contribution in [1.29, 1.82) is 0 Å². The molecule has 0 saturated heterocycles. The van der Waals surface area contributed by atoms with Gasteiger partial charge in [0.2, 0.25) is 17.7 Å². The lowest BCUT2D eigenvalue weighted by Gasteiger charge is -2.34. The summed E-state index contributed by atoms with van der Waals surface area (Å²) in [6, 6.07) is 8.47. The minimum absolute atomic E-state index is 0.276. The van der Waals surface area contributed by atoms with Crippen LogP contribution in [0.4, 0.5) is 4.79 Å². The Morgan fingerprint density at radius 3 is 1.95 bits per heavy atom. The second-order valence-electron chi connectivity index (χ2n) is 10.7. The molecule has 0 unspecified atom stereocenters. The number of carbonyl (C=O) groups excluding carboxylic acids is 5. The summed E-state index contributed by atoms with van der Waals surface area (Å²) in [5.41, 5.74) is 0.169. The molecule has 0 aliphatic rings. The van der Waals surface area contributed by atoms with E-state index in [-0.39, 0.29) is 26.1 Å². The van der Waals surface area contributed by atoms with E-state index in [2.05, 4.69) is 35.6 Å². The molecule has 1 aromatic carbocycles. The number of benzene rings is 1.